The predicted octanol–water partition coefficient (Wildman–Crippen LogP) is 1.35. The van der Waals surface area contributed by atoms with E-state index in [0.29, 0.717) is 4.57 Å². The lowest BCUT2D eigenvalue weighted by atomic mass is 9.76. The summed E-state index contributed by atoms with van der Waals surface area (Å²) in [5.74, 6) is -2.72. The van der Waals surface area contributed by atoms with Gasteiger partial charge in [0.15, 0.2) is 5.41 Å². The van der Waals surface area contributed by atoms with Crippen LogP contribution in [0.15, 0.2) is 46.0 Å². The van der Waals surface area contributed by atoms with Crippen molar-refractivity contribution in [3.05, 3.63) is 63.0 Å². The third kappa shape index (κ3) is 3.72. The van der Waals surface area contributed by atoms with Gasteiger partial charge in [0.05, 0.1) is 11.1 Å². The monoisotopic (exact) mass is 447 g/mol. The normalized spacial score (nSPS) is 21.5. The number of carboxylic acid groups (broad SMARTS) is 1. The first-order valence-corrected chi connectivity index (χ1v) is 8.81. The second-order valence-electron chi connectivity index (χ2n) is 6.54. The predicted molar refractivity (Wildman–Crippen MR) is 102 cm³/mol. The Bertz CT molecular complexity index is 1100. The number of carboxylic acids is 1. The highest BCUT2D eigenvalue weighted by Gasteiger charge is 2.53. The highest BCUT2D eigenvalue weighted by atomic mass is 35.5. The fourth-order valence-corrected chi connectivity index (χ4v) is 3.36. The minimum Gasteiger partial charge on any atom is -0.480 e. The van der Waals surface area contributed by atoms with Crippen LogP contribution in [0.3, 0.4) is 0 Å². The van der Waals surface area contributed by atoms with Gasteiger partial charge in [-0.3, -0.25) is 19.0 Å². The number of alkyl halides is 4. The largest absolute Gasteiger partial charge is 0.480 e. The summed E-state index contributed by atoms with van der Waals surface area (Å²) >= 11 is 6.21. The summed E-state index contributed by atoms with van der Waals surface area (Å²) in [5, 5.41) is 10.7. The van der Waals surface area contributed by atoms with E-state index in [1.165, 1.54) is 13.0 Å². The Kier molecular flexibility index (Phi) is 6.17. The summed E-state index contributed by atoms with van der Waals surface area (Å²) in [5.41, 5.74) is -6.90. The Morgan fingerprint density at radius 2 is 2.00 bits per heavy atom. The van der Waals surface area contributed by atoms with Crippen LogP contribution in [0.25, 0.3) is 5.70 Å². The lowest BCUT2D eigenvalue weighted by molar-refractivity contribution is -0.152. The van der Waals surface area contributed by atoms with Crippen molar-refractivity contribution < 1.29 is 27.9 Å². The number of aliphatic carboxylic acids is 1. The van der Waals surface area contributed by atoms with Crippen LogP contribution in [0.1, 0.15) is 12.6 Å². The van der Waals surface area contributed by atoms with Crippen molar-refractivity contribution in [1.29, 1.82) is 0 Å². The van der Waals surface area contributed by atoms with Crippen LogP contribution in [0.5, 0.6) is 0 Å². The van der Waals surface area contributed by atoms with Crippen molar-refractivity contribution in [2.24, 2.45) is 12.5 Å². The molecule has 0 spiro atoms. The number of carbonyl (C=O) groups is 2. The van der Waals surface area contributed by atoms with E-state index in [1.54, 1.807) is 0 Å². The van der Waals surface area contributed by atoms with Crippen molar-refractivity contribution >= 4 is 29.2 Å². The first kappa shape index (κ1) is 23.2. The van der Waals surface area contributed by atoms with E-state index in [1.807, 2.05) is 0 Å². The number of hydrogen-bond donors (Lipinski definition) is 2. The first-order valence-electron chi connectivity index (χ1n) is 8.37. The molecule has 0 radical (unpaired) electrons. The molecule has 1 aromatic heterocycles. The third-order valence-corrected chi connectivity index (χ3v) is 5.24. The van der Waals surface area contributed by atoms with Gasteiger partial charge in [0.25, 0.3) is 5.56 Å². The fraction of sp³-hybridized carbons (Fsp3) is 0.333. The van der Waals surface area contributed by atoms with E-state index in [-0.39, 0.29) is 28.4 Å². The highest BCUT2D eigenvalue weighted by molar-refractivity contribution is 6.29. The van der Waals surface area contributed by atoms with E-state index >= 15 is 0 Å². The van der Waals surface area contributed by atoms with Crippen LogP contribution in [0.4, 0.5) is 13.2 Å². The molecule has 0 saturated carbocycles. The lowest BCUT2D eigenvalue weighted by Gasteiger charge is -2.34. The molecule has 0 bridgehead atoms. The number of allylic oxidation sites excluding steroid dienone is 3. The Morgan fingerprint density at radius 3 is 2.50 bits per heavy atom. The number of halogens is 4. The average molecular weight is 448 g/mol. The molecule has 1 aromatic rings. The summed E-state index contributed by atoms with van der Waals surface area (Å²) in [6, 6.07) is 0.207. The van der Waals surface area contributed by atoms with Crippen LogP contribution in [0.2, 0.25) is 0 Å². The van der Waals surface area contributed by atoms with E-state index in [9.17, 15) is 37.5 Å². The van der Waals surface area contributed by atoms with E-state index in [4.69, 9.17) is 11.6 Å². The molecule has 2 unspecified atom stereocenters. The topological polar surface area (TPSA) is 110 Å². The lowest BCUT2D eigenvalue weighted by Crippen LogP contribution is -2.53. The first-order chi connectivity index (χ1) is 13.8. The second-order valence-corrected chi connectivity index (χ2v) is 6.97. The number of amides is 1. The molecule has 1 amide bonds. The fourth-order valence-electron chi connectivity index (χ4n) is 3.04. The van der Waals surface area contributed by atoms with Crippen LogP contribution >= 0.6 is 11.6 Å². The minimum absolute atomic E-state index is 0.0919. The summed E-state index contributed by atoms with van der Waals surface area (Å²) in [4.78, 5) is 49.6. The van der Waals surface area contributed by atoms with Crippen LogP contribution in [-0.2, 0) is 22.8 Å². The Hall–Kier alpha value is -3.08. The number of hydrogen-bond acceptors (Lipinski definition) is 4. The summed E-state index contributed by atoms with van der Waals surface area (Å²) in [7, 11) is 0.812. The van der Waals surface area contributed by atoms with Crippen LogP contribution in [0, 0.1) is 5.41 Å². The molecule has 0 saturated heterocycles. The summed E-state index contributed by atoms with van der Waals surface area (Å²) in [6.45, 7) is 4.67. The van der Waals surface area contributed by atoms with Gasteiger partial charge in [-0.25, -0.2) is 9.36 Å². The molecule has 162 valence electrons. The molecule has 0 fully saturated rings. The van der Waals surface area contributed by atoms with Gasteiger partial charge in [-0.15, -0.1) is 18.2 Å². The standard InChI is InChI=1S/C18H17ClF3N3O5/c1-4-5-23-14(27)17(15(28)29)8-10(6-9(2)13(17)19)25-12(26)7-11(18(20,21)22)24(3)16(25)30/h4,6-8,13H,1,5H2,2-3H3,(H,23,27)(H,28,29). The molecule has 0 aromatic carbocycles. The summed E-state index contributed by atoms with van der Waals surface area (Å²) in [6.07, 6.45) is -1.72. The van der Waals surface area contributed by atoms with Gasteiger partial charge in [-0.2, -0.15) is 13.2 Å². The van der Waals surface area contributed by atoms with Gasteiger partial charge in [0, 0.05) is 19.7 Å². The molecule has 8 nitrogen and oxygen atoms in total. The smallest absolute Gasteiger partial charge is 0.431 e. The molecule has 1 aliphatic rings. The molecule has 2 atom stereocenters. The second kappa shape index (κ2) is 7.98. The molecule has 1 aliphatic carbocycles. The number of carbonyl (C=O) groups excluding carboxylic acids is 1. The molecular weight excluding hydrogens is 431 g/mol. The molecule has 2 rings (SSSR count). The molecular formula is C18H17ClF3N3O5. The van der Waals surface area contributed by atoms with Gasteiger partial charge < -0.3 is 10.4 Å². The zero-order chi connectivity index (χ0) is 23.0. The van der Waals surface area contributed by atoms with Crippen molar-refractivity contribution in [2.45, 2.75) is 18.5 Å². The van der Waals surface area contributed by atoms with Crippen LogP contribution < -0.4 is 16.6 Å². The number of rotatable bonds is 5. The molecule has 12 heteroatoms. The van der Waals surface area contributed by atoms with Gasteiger partial charge in [0.1, 0.15) is 5.69 Å². The maximum absolute atomic E-state index is 13.1. The van der Waals surface area contributed by atoms with Gasteiger partial charge in [-0.1, -0.05) is 11.6 Å². The number of aromatic nitrogens is 2. The minimum atomic E-state index is -4.96. The molecule has 0 aliphatic heterocycles. The summed E-state index contributed by atoms with van der Waals surface area (Å²) < 4.78 is 39.7. The maximum Gasteiger partial charge on any atom is 0.431 e. The van der Waals surface area contributed by atoms with E-state index in [0.717, 1.165) is 19.2 Å². The van der Waals surface area contributed by atoms with Crippen molar-refractivity contribution in [1.82, 2.24) is 14.5 Å². The molecule has 2 N–H and O–H groups in total. The SMILES string of the molecule is C=CCNC(=O)C1(C(=O)O)C=C(n2c(=O)cc(C(F)(F)F)n(C)c2=O)C=C(C)C1Cl. The Morgan fingerprint density at radius 1 is 1.40 bits per heavy atom. The van der Waals surface area contributed by atoms with Crippen molar-refractivity contribution in [3.8, 4) is 0 Å². The van der Waals surface area contributed by atoms with Crippen molar-refractivity contribution in [3.63, 3.8) is 0 Å². The third-order valence-electron chi connectivity index (χ3n) is 4.56. The average Bonchev–Trinajstić information content (AvgIpc) is 2.64. The molecule has 1 heterocycles. The zero-order valence-electron chi connectivity index (χ0n) is 15.8. The van der Waals surface area contributed by atoms with Crippen LogP contribution in [-0.4, -0.2) is 38.0 Å². The number of nitrogens with one attached hydrogen (secondary N) is 1. The Balaban J connectivity index is 2.83. The molecule has 30 heavy (non-hydrogen) atoms. The van der Waals surface area contributed by atoms with E-state index < -0.39 is 45.8 Å². The van der Waals surface area contributed by atoms with Crippen molar-refractivity contribution in [2.75, 3.05) is 6.54 Å². The maximum atomic E-state index is 13.1. The highest BCUT2D eigenvalue weighted by Crippen LogP contribution is 2.40. The number of nitrogens with zero attached hydrogens (tertiary/aromatic N) is 2. The van der Waals surface area contributed by atoms with Gasteiger partial charge >= 0.3 is 17.8 Å². The Labute approximate surface area is 172 Å². The van der Waals surface area contributed by atoms with E-state index in [2.05, 4.69) is 11.9 Å². The zero-order valence-corrected chi connectivity index (χ0v) is 16.5. The van der Waals surface area contributed by atoms with Gasteiger partial charge in [0.2, 0.25) is 5.91 Å². The quantitative estimate of drug-likeness (QED) is 0.402. The van der Waals surface area contributed by atoms with Gasteiger partial charge in [-0.05, 0) is 19.1 Å².